The van der Waals surface area contributed by atoms with Crippen molar-refractivity contribution < 1.29 is 29.0 Å². The average molecular weight is 402 g/mol. The zero-order valence-corrected chi connectivity index (χ0v) is 16.6. The smallest absolute Gasteiger partial charge is 0.259 e. The van der Waals surface area contributed by atoms with Crippen LogP contribution in [0.5, 0.6) is 11.5 Å². The first kappa shape index (κ1) is 21.2. The molecular formula is C20H20NO6S-. The van der Waals surface area contributed by atoms with Crippen molar-refractivity contribution in [3.63, 3.8) is 0 Å². The van der Waals surface area contributed by atoms with E-state index in [-0.39, 0.29) is 23.2 Å². The van der Waals surface area contributed by atoms with Gasteiger partial charge in [0.15, 0.2) is 23.9 Å². The Morgan fingerprint density at radius 1 is 1.07 bits per heavy atom. The fraction of sp³-hybridized carbons (Fsp3) is 0.250. The highest BCUT2D eigenvalue weighted by Crippen LogP contribution is 2.29. The molecule has 0 aliphatic carbocycles. The molecule has 0 bridgehead atoms. The zero-order chi connectivity index (χ0) is 20.7. The molecule has 0 radical (unpaired) electrons. The highest BCUT2D eigenvalue weighted by molar-refractivity contribution is 7.16. The molecule has 0 saturated carbocycles. The molecular weight excluding hydrogens is 382 g/mol. The van der Waals surface area contributed by atoms with Gasteiger partial charge in [-0.2, -0.15) is 0 Å². The van der Waals surface area contributed by atoms with Gasteiger partial charge in [0.25, 0.3) is 5.91 Å². The van der Waals surface area contributed by atoms with Crippen molar-refractivity contribution in [1.29, 1.82) is 0 Å². The molecule has 2 rings (SSSR count). The number of rotatable bonds is 9. The highest BCUT2D eigenvalue weighted by Gasteiger charge is 2.11. The third kappa shape index (κ3) is 5.68. The monoisotopic (exact) mass is 402 g/mol. The summed E-state index contributed by atoms with van der Waals surface area (Å²) in [6.07, 6.45) is 2.95. The molecule has 1 aromatic heterocycles. The number of allylic oxidation sites excluding steroid dienone is 1. The standard InChI is InChI=1S/C20H21NO6S/c1-4-26-16-11-13(6-8-15(16)27-12-19(23)21(2)3)5-7-14(22)17-9-10-18(28-17)20(24)25/h5-11H,4,12H2,1-3H3,(H,24,25)/p-1/b7-5+. The number of amides is 1. The van der Waals surface area contributed by atoms with E-state index < -0.39 is 5.97 Å². The number of hydrogen-bond acceptors (Lipinski definition) is 7. The van der Waals surface area contributed by atoms with Gasteiger partial charge in [0.1, 0.15) is 0 Å². The van der Waals surface area contributed by atoms with Crippen LogP contribution in [0.25, 0.3) is 6.08 Å². The minimum Gasteiger partial charge on any atom is -0.544 e. The summed E-state index contributed by atoms with van der Waals surface area (Å²) in [5, 5.41) is 10.8. The van der Waals surface area contributed by atoms with Crippen LogP contribution in [0.4, 0.5) is 0 Å². The number of benzene rings is 1. The summed E-state index contributed by atoms with van der Waals surface area (Å²) in [6, 6.07) is 7.88. The average Bonchev–Trinajstić information content (AvgIpc) is 3.16. The molecule has 0 aliphatic heterocycles. The van der Waals surface area contributed by atoms with E-state index in [1.54, 1.807) is 38.4 Å². The van der Waals surface area contributed by atoms with Crippen molar-refractivity contribution in [2.45, 2.75) is 6.92 Å². The van der Waals surface area contributed by atoms with E-state index in [1.165, 1.54) is 23.1 Å². The lowest BCUT2D eigenvalue weighted by Gasteiger charge is -2.14. The van der Waals surface area contributed by atoms with Crippen molar-refractivity contribution in [2.24, 2.45) is 0 Å². The Morgan fingerprint density at radius 2 is 1.79 bits per heavy atom. The number of thiophene rings is 1. The van der Waals surface area contributed by atoms with Gasteiger partial charge in [0.2, 0.25) is 0 Å². The van der Waals surface area contributed by atoms with E-state index in [4.69, 9.17) is 9.47 Å². The molecule has 1 aromatic carbocycles. The lowest BCUT2D eigenvalue weighted by atomic mass is 10.1. The van der Waals surface area contributed by atoms with Crippen LogP contribution >= 0.6 is 11.3 Å². The number of hydrogen-bond donors (Lipinski definition) is 0. The minimum atomic E-state index is -1.31. The predicted octanol–water partition coefficient (Wildman–Crippen LogP) is 1.87. The number of carboxylic acid groups (broad SMARTS) is 1. The summed E-state index contributed by atoms with van der Waals surface area (Å²) >= 11 is 0.866. The van der Waals surface area contributed by atoms with Crippen molar-refractivity contribution in [3.8, 4) is 11.5 Å². The van der Waals surface area contributed by atoms with Crippen molar-refractivity contribution in [1.82, 2.24) is 4.90 Å². The van der Waals surface area contributed by atoms with Crippen LogP contribution in [0.2, 0.25) is 0 Å². The lowest BCUT2D eigenvalue weighted by Crippen LogP contribution is -2.27. The molecule has 0 spiro atoms. The van der Waals surface area contributed by atoms with E-state index in [1.807, 2.05) is 6.92 Å². The van der Waals surface area contributed by atoms with Crippen molar-refractivity contribution in [3.05, 3.63) is 51.7 Å². The largest absolute Gasteiger partial charge is 0.544 e. The van der Waals surface area contributed by atoms with Gasteiger partial charge in [0, 0.05) is 14.1 Å². The topological polar surface area (TPSA) is 96.0 Å². The predicted molar refractivity (Wildman–Crippen MR) is 104 cm³/mol. The fourth-order valence-corrected chi connectivity index (χ4v) is 2.88. The normalized spacial score (nSPS) is 10.7. The first-order valence-corrected chi connectivity index (χ1v) is 9.26. The van der Waals surface area contributed by atoms with E-state index in [0.717, 1.165) is 11.3 Å². The Kier molecular flexibility index (Phi) is 7.34. The molecule has 7 nitrogen and oxygen atoms in total. The number of ether oxygens (including phenoxy) is 2. The van der Waals surface area contributed by atoms with Crippen LogP contribution in [-0.4, -0.2) is 49.9 Å². The maximum absolute atomic E-state index is 12.2. The van der Waals surface area contributed by atoms with Crippen LogP contribution < -0.4 is 14.6 Å². The first-order chi connectivity index (χ1) is 13.3. The van der Waals surface area contributed by atoms with E-state index >= 15 is 0 Å². The van der Waals surface area contributed by atoms with Gasteiger partial charge in [-0.1, -0.05) is 12.1 Å². The van der Waals surface area contributed by atoms with Crippen LogP contribution in [0.3, 0.4) is 0 Å². The molecule has 0 atom stereocenters. The van der Waals surface area contributed by atoms with Gasteiger partial charge in [0.05, 0.1) is 22.3 Å². The summed E-state index contributed by atoms with van der Waals surface area (Å²) in [4.78, 5) is 36.4. The van der Waals surface area contributed by atoms with E-state index in [2.05, 4.69) is 0 Å². The van der Waals surface area contributed by atoms with Crippen LogP contribution in [0.1, 0.15) is 31.8 Å². The molecule has 1 heterocycles. The maximum Gasteiger partial charge on any atom is 0.259 e. The van der Waals surface area contributed by atoms with Gasteiger partial charge in [-0.3, -0.25) is 9.59 Å². The number of nitrogens with zero attached hydrogens (tertiary/aromatic N) is 1. The molecule has 1 amide bonds. The van der Waals surface area contributed by atoms with E-state index in [0.29, 0.717) is 28.5 Å². The Balaban J connectivity index is 2.13. The molecule has 0 saturated heterocycles. The van der Waals surface area contributed by atoms with Crippen LogP contribution in [0, 0.1) is 0 Å². The Labute approximate surface area is 166 Å². The molecule has 148 valence electrons. The Bertz CT molecular complexity index is 900. The van der Waals surface area contributed by atoms with Gasteiger partial charge < -0.3 is 24.3 Å². The van der Waals surface area contributed by atoms with Gasteiger partial charge >= 0.3 is 0 Å². The second kappa shape index (κ2) is 9.70. The van der Waals surface area contributed by atoms with E-state index in [9.17, 15) is 19.5 Å². The molecule has 8 heteroatoms. The Morgan fingerprint density at radius 3 is 2.39 bits per heavy atom. The van der Waals surface area contributed by atoms with Crippen molar-refractivity contribution in [2.75, 3.05) is 27.3 Å². The van der Waals surface area contributed by atoms with Gasteiger partial charge in [-0.25, -0.2) is 0 Å². The minimum absolute atomic E-state index is 0.00385. The summed E-state index contributed by atoms with van der Waals surface area (Å²) < 4.78 is 11.1. The third-order valence-corrected chi connectivity index (χ3v) is 4.67. The lowest BCUT2D eigenvalue weighted by molar-refractivity contribution is -0.254. The number of likely N-dealkylation sites (N-methyl/N-ethyl adjacent to an activating group) is 1. The summed E-state index contributed by atoms with van der Waals surface area (Å²) in [6.45, 7) is 2.12. The van der Waals surface area contributed by atoms with Crippen molar-refractivity contribution >= 4 is 35.1 Å². The first-order valence-electron chi connectivity index (χ1n) is 8.45. The molecule has 0 fully saturated rings. The Hall–Kier alpha value is -3.13. The molecule has 0 N–H and O–H groups in total. The number of carbonyl (C=O) groups is 3. The molecule has 28 heavy (non-hydrogen) atoms. The zero-order valence-electron chi connectivity index (χ0n) is 15.8. The van der Waals surface area contributed by atoms with Gasteiger partial charge in [-0.15, -0.1) is 11.3 Å². The maximum atomic E-state index is 12.2. The molecule has 2 aromatic rings. The van der Waals surface area contributed by atoms with Gasteiger partial charge in [-0.05, 0) is 42.8 Å². The SMILES string of the molecule is CCOc1cc(/C=C/C(=O)c2ccc(C(=O)[O-])s2)ccc1OCC(=O)N(C)C. The van der Waals surface area contributed by atoms with Crippen LogP contribution in [-0.2, 0) is 4.79 Å². The number of carboxylic acids is 1. The number of ketones is 1. The summed E-state index contributed by atoms with van der Waals surface area (Å²) in [5.41, 5.74) is 0.694. The molecule has 0 unspecified atom stereocenters. The number of aromatic carboxylic acids is 1. The second-order valence-corrected chi connectivity index (χ2v) is 6.95. The number of carbonyl (C=O) groups excluding carboxylic acids is 3. The highest BCUT2D eigenvalue weighted by atomic mass is 32.1. The van der Waals surface area contributed by atoms with Crippen LogP contribution in [0.15, 0.2) is 36.4 Å². The molecule has 0 aliphatic rings. The summed E-state index contributed by atoms with van der Waals surface area (Å²) in [5.74, 6) is -0.912. The quantitative estimate of drug-likeness (QED) is 0.469. The fourth-order valence-electron chi connectivity index (χ4n) is 2.12. The third-order valence-electron chi connectivity index (χ3n) is 3.59. The summed E-state index contributed by atoms with van der Waals surface area (Å²) in [7, 11) is 3.28. The second-order valence-electron chi connectivity index (χ2n) is 5.86.